The van der Waals surface area contributed by atoms with Gasteiger partial charge in [0, 0.05) is 22.3 Å². The minimum Gasteiger partial charge on any atom is -0.469 e. The first kappa shape index (κ1) is 13.6. The van der Waals surface area contributed by atoms with Gasteiger partial charge >= 0.3 is 5.97 Å². The summed E-state index contributed by atoms with van der Waals surface area (Å²) in [4.78, 5) is 13.6. The molecule has 1 aliphatic carbocycles. The molecule has 1 aliphatic rings. The fourth-order valence-electron chi connectivity index (χ4n) is 2.38. The van der Waals surface area contributed by atoms with Crippen LogP contribution in [0.25, 0.3) is 0 Å². The van der Waals surface area contributed by atoms with E-state index in [-0.39, 0.29) is 5.97 Å². The van der Waals surface area contributed by atoms with E-state index < -0.39 is 0 Å². The molecule has 0 aliphatic heterocycles. The fraction of sp³-hybridized carbons (Fsp3) is 0.643. The highest BCUT2D eigenvalue weighted by Crippen LogP contribution is 2.20. The molecule has 1 fully saturated rings. The Bertz CT molecular complexity index is 383. The molecule has 2 rings (SSSR count). The second-order valence-corrected chi connectivity index (χ2v) is 6.09. The van der Waals surface area contributed by atoms with Gasteiger partial charge in [-0.15, -0.1) is 11.3 Å². The summed E-state index contributed by atoms with van der Waals surface area (Å²) in [6, 6.07) is 4.82. The Morgan fingerprint density at radius 1 is 1.33 bits per heavy atom. The third-order valence-electron chi connectivity index (χ3n) is 3.43. The minimum atomic E-state index is -0.163. The number of nitrogens with one attached hydrogen (secondary N) is 1. The van der Waals surface area contributed by atoms with Gasteiger partial charge in [0.25, 0.3) is 0 Å². The Morgan fingerprint density at radius 3 is 2.78 bits per heavy atom. The van der Waals surface area contributed by atoms with E-state index in [1.165, 1.54) is 44.1 Å². The number of carbonyl (C=O) groups excluding carboxylic acids is 1. The van der Waals surface area contributed by atoms with E-state index in [0.717, 1.165) is 11.4 Å². The van der Waals surface area contributed by atoms with Gasteiger partial charge in [0.2, 0.25) is 0 Å². The van der Waals surface area contributed by atoms with E-state index >= 15 is 0 Å². The van der Waals surface area contributed by atoms with Crippen molar-refractivity contribution in [1.82, 2.24) is 5.32 Å². The molecule has 4 heteroatoms. The maximum Gasteiger partial charge on any atom is 0.310 e. The monoisotopic (exact) mass is 267 g/mol. The number of ether oxygens (including phenoxy) is 1. The van der Waals surface area contributed by atoms with Crippen molar-refractivity contribution < 1.29 is 9.53 Å². The van der Waals surface area contributed by atoms with E-state index in [2.05, 4.69) is 16.1 Å². The maximum absolute atomic E-state index is 11.2. The number of thiophene rings is 1. The summed E-state index contributed by atoms with van der Waals surface area (Å²) in [5.41, 5.74) is 0. The number of esters is 1. The molecule has 1 aromatic heterocycles. The van der Waals surface area contributed by atoms with E-state index in [0.29, 0.717) is 12.5 Å². The number of hydrogen-bond donors (Lipinski definition) is 1. The van der Waals surface area contributed by atoms with Crippen molar-refractivity contribution in [3.8, 4) is 0 Å². The molecule has 0 aromatic carbocycles. The molecule has 1 saturated carbocycles. The third kappa shape index (κ3) is 4.10. The largest absolute Gasteiger partial charge is 0.469 e. The molecular formula is C14H21NO2S. The lowest BCUT2D eigenvalue weighted by atomic mass is 9.95. The Morgan fingerprint density at radius 2 is 2.06 bits per heavy atom. The molecule has 18 heavy (non-hydrogen) atoms. The van der Waals surface area contributed by atoms with E-state index in [4.69, 9.17) is 0 Å². The zero-order valence-electron chi connectivity index (χ0n) is 10.9. The molecule has 0 saturated heterocycles. The summed E-state index contributed by atoms with van der Waals surface area (Å²) in [5.74, 6) is -0.163. The predicted molar refractivity (Wildman–Crippen MR) is 73.8 cm³/mol. The molecular weight excluding hydrogens is 246 g/mol. The van der Waals surface area contributed by atoms with Crippen molar-refractivity contribution in [2.45, 2.75) is 51.1 Å². The first-order valence-corrected chi connectivity index (χ1v) is 7.47. The van der Waals surface area contributed by atoms with Gasteiger partial charge < -0.3 is 10.1 Å². The van der Waals surface area contributed by atoms with Crippen molar-refractivity contribution >= 4 is 17.3 Å². The van der Waals surface area contributed by atoms with Crippen LogP contribution in [0, 0.1) is 0 Å². The lowest BCUT2D eigenvalue weighted by Crippen LogP contribution is -2.30. The fourth-order valence-corrected chi connectivity index (χ4v) is 3.33. The van der Waals surface area contributed by atoms with Gasteiger partial charge in [-0.25, -0.2) is 0 Å². The quantitative estimate of drug-likeness (QED) is 0.834. The number of hydrogen-bond acceptors (Lipinski definition) is 4. The lowest BCUT2D eigenvalue weighted by Gasteiger charge is -2.22. The molecule has 0 amide bonds. The highest BCUT2D eigenvalue weighted by Gasteiger charge is 2.13. The molecule has 0 bridgehead atoms. The van der Waals surface area contributed by atoms with E-state index in [9.17, 15) is 4.79 Å². The van der Waals surface area contributed by atoms with Gasteiger partial charge in [-0.2, -0.15) is 0 Å². The summed E-state index contributed by atoms with van der Waals surface area (Å²) in [7, 11) is 1.43. The first-order chi connectivity index (χ1) is 8.78. The van der Waals surface area contributed by atoms with Gasteiger partial charge in [0.1, 0.15) is 0 Å². The zero-order valence-corrected chi connectivity index (χ0v) is 11.7. The van der Waals surface area contributed by atoms with Crippen molar-refractivity contribution in [1.29, 1.82) is 0 Å². The Kier molecular flexibility index (Phi) is 5.20. The van der Waals surface area contributed by atoms with Crippen molar-refractivity contribution in [2.24, 2.45) is 0 Å². The van der Waals surface area contributed by atoms with Gasteiger partial charge in [-0.1, -0.05) is 19.3 Å². The van der Waals surface area contributed by atoms with Crippen LogP contribution in [0.4, 0.5) is 0 Å². The van der Waals surface area contributed by atoms with Gasteiger partial charge in [0.15, 0.2) is 0 Å². The van der Waals surface area contributed by atoms with Crippen molar-refractivity contribution in [2.75, 3.05) is 7.11 Å². The van der Waals surface area contributed by atoms with Crippen molar-refractivity contribution in [3.05, 3.63) is 21.9 Å². The second kappa shape index (κ2) is 6.90. The van der Waals surface area contributed by atoms with Gasteiger partial charge in [-0.05, 0) is 25.0 Å². The van der Waals surface area contributed by atoms with Crippen LogP contribution in [-0.2, 0) is 22.5 Å². The molecule has 1 aromatic rings. The molecule has 0 unspecified atom stereocenters. The predicted octanol–water partition coefficient (Wildman–Crippen LogP) is 2.89. The lowest BCUT2D eigenvalue weighted by molar-refractivity contribution is -0.139. The summed E-state index contributed by atoms with van der Waals surface area (Å²) in [6.45, 7) is 0.927. The normalized spacial score (nSPS) is 16.7. The SMILES string of the molecule is COC(=O)Cc1ccc(CNC2CCCCC2)s1. The van der Waals surface area contributed by atoms with Crippen LogP contribution < -0.4 is 5.32 Å². The molecule has 1 heterocycles. The van der Waals surface area contributed by atoms with Crippen LogP contribution >= 0.6 is 11.3 Å². The minimum absolute atomic E-state index is 0.163. The molecule has 0 spiro atoms. The molecule has 1 N–H and O–H groups in total. The number of rotatable bonds is 5. The number of carbonyl (C=O) groups is 1. The summed E-state index contributed by atoms with van der Waals surface area (Å²) in [6.07, 6.45) is 7.11. The molecule has 0 atom stereocenters. The topological polar surface area (TPSA) is 38.3 Å². The highest BCUT2D eigenvalue weighted by atomic mass is 32.1. The summed E-state index contributed by atoms with van der Waals surface area (Å²) >= 11 is 1.70. The second-order valence-electron chi connectivity index (χ2n) is 4.84. The molecule has 0 radical (unpaired) electrons. The smallest absolute Gasteiger partial charge is 0.310 e. The van der Waals surface area contributed by atoms with E-state index in [1.807, 2.05) is 6.07 Å². The highest BCUT2D eigenvalue weighted by molar-refractivity contribution is 7.12. The Hall–Kier alpha value is -0.870. The number of methoxy groups -OCH3 is 1. The average Bonchev–Trinajstić information content (AvgIpc) is 2.85. The Balaban J connectivity index is 1.77. The molecule has 100 valence electrons. The van der Waals surface area contributed by atoms with Gasteiger partial charge in [-0.3, -0.25) is 4.79 Å². The zero-order chi connectivity index (χ0) is 12.8. The van der Waals surface area contributed by atoms with Crippen molar-refractivity contribution in [3.63, 3.8) is 0 Å². The molecule has 3 nitrogen and oxygen atoms in total. The first-order valence-electron chi connectivity index (χ1n) is 6.65. The van der Waals surface area contributed by atoms with Crippen LogP contribution in [0.15, 0.2) is 12.1 Å². The van der Waals surface area contributed by atoms with Crippen LogP contribution in [0.2, 0.25) is 0 Å². The van der Waals surface area contributed by atoms with Crippen LogP contribution in [-0.4, -0.2) is 19.1 Å². The summed E-state index contributed by atoms with van der Waals surface area (Å²) < 4.78 is 4.67. The van der Waals surface area contributed by atoms with Crippen LogP contribution in [0.5, 0.6) is 0 Å². The maximum atomic E-state index is 11.2. The van der Waals surface area contributed by atoms with Gasteiger partial charge in [0.05, 0.1) is 13.5 Å². The van der Waals surface area contributed by atoms with E-state index in [1.54, 1.807) is 11.3 Å². The van der Waals surface area contributed by atoms with Crippen LogP contribution in [0.3, 0.4) is 0 Å². The standard InChI is InChI=1S/C14H21NO2S/c1-17-14(16)9-12-7-8-13(18-12)10-15-11-5-3-2-4-6-11/h7-8,11,15H,2-6,9-10H2,1H3. The van der Waals surface area contributed by atoms with Crippen LogP contribution in [0.1, 0.15) is 41.9 Å². The third-order valence-corrected chi connectivity index (χ3v) is 4.52. The average molecular weight is 267 g/mol. The summed E-state index contributed by atoms with van der Waals surface area (Å²) in [5, 5.41) is 3.61. The Labute approximate surface area is 113 Å².